The maximum Gasteiger partial charge on any atom is 0.234 e. The SMILES string of the molecule is CN1CCN(c2ccc(NC(=O)CSCc3ccc(Cl)c(Cl)c3)cc2)CC1. The van der Waals surface area contributed by atoms with E-state index < -0.39 is 0 Å². The number of thioether (sulfide) groups is 1. The summed E-state index contributed by atoms with van der Waals surface area (Å²) in [6.45, 7) is 4.23. The Bertz CT molecular complexity index is 777. The van der Waals surface area contributed by atoms with Gasteiger partial charge < -0.3 is 15.1 Å². The van der Waals surface area contributed by atoms with E-state index in [9.17, 15) is 4.79 Å². The zero-order valence-electron chi connectivity index (χ0n) is 15.3. The van der Waals surface area contributed by atoms with Gasteiger partial charge in [0.05, 0.1) is 15.8 Å². The van der Waals surface area contributed by atoms with E-state index in [1.807, 2.05) is 24.3 Å². The molecule has 2 aromatic rings. The summed E-state index contributed by atoms with van der Waals surface area (Å²) >= 11 is 13.5. The normalized spacial score (nSPS) is 15.0. The van der Waals surface area contributed by atoms with Gasteiger partial charge >= 0.3 is 0 Å². The number of amides is 1. The van der Waals surface area contributed by atoms with Crippen molar-refractivity contribution in [3.8, 4) is 0 Å². The summed E-state index contributed by atoms with van der Waals surface area (Å²) in [7, 11) is 2.15. The van der Waals surface area contributed by atoms with Gasteiger partial charge in [0, 0.05) is 43.3 Å². The van der Waals surface area contributed by atoms with E-state index in [0.717, 1.165) is 37.4 Å². The van der Waals surface area contributed by atoms with Crippen molar-refractivity contribution in [1.82, 2.24) is 4.90 Å². The average Bonchev–Trinajstić information content (AvgIpc) is 2.66. The predicted molar refractivity (Wildman–Crippen MR) is 117 cm³/mol. The highest BCUT2D eigenvalue weighted by Gasteiger charge is 2.14. The topological polar surface area (TPSA) is 35.6 Å². The Hall–Kier alpha value is -1.40. The van der Waals surface area contributed by atoms with E-state index in [1.54, 1.807) is 17.8 Å². The molecule has 0 spiro atoms. The zero-order valence-corrected chi connectivity index (χ0v) is 17.6. The molecule has 0 unspecified atom stereocenters. The second-order valence-corrected chi connectivity index (χ2v) is 8.43. The van der Waals surface area contributed by atoms with Crippen molar-refractivity contribution < 1.29 is 4.79 Å². The van der Waals surface area contributed by atoms with Crippen molar-refractivity contribution in [2.75, 3.05) is 49.2 Å². The average molecular weight is 424 g/mol. The third-order valence-corrected chi connectivity index (χ3v) is 6.25. The van der Waals surface area contributed by atoms with E-state index in [-0.39, 0.29) is 5.91 Å². The fourth-order valence-electron chi connectivity index (χ4n) is 2.91. The first-order valence-electron chi connectivity index (χ1n) is 8.86. The molecule has 1 saturated heterocycles. The largest absolute Gasteiger partial charge is 0.369 e. The number of rotatable bonds is 6. The van der Waals surface area contributed by atoms with E-state index in [4.69, 9.17) is 23.2 Å². The first-order chi connectivity index (χ1) is 13.0. The summed E-state index contributed by atoms with van der Waals surface area (Å²) in [6.07, 6.45) is 0. The maximum atomic E-state index is 12.2. The van der Waals surface area contributed by atoms with Gasteiger partial charge in [-0.1, -0.05) is 29.3 Å². The Morgan fingerprint density at radius 2 is 1.74 bits per heavy atom. The van der Waals surface area contributed by atoms with Gasteiger partial charge in [0.2, 0.25) is 5.91 Å². The summed E-state index contributed by atoms with van der Waals surface area (Å²) in [5.74, 6) is 1.10. The zero-order chi connectivity index (χ0) is 19.2. The smallest absolute Gasteiger partial charge is 0.234 e. The summed E-state index contributed by atoms with van der Waals surface area (Å²) in [6, 6.07) is 13.6. The highest BCUT2D eigenvalue weighted by atomic mass is 35.5. The molecule has 4 nitrogen and oxygen atoms in total. The number of nitrogens with zero attached hydrogens (tertiary/aromatic N) is 2. The van der Waals surface area contributed by atoms with Crippen molar-refractivity contribution in [2.45, 2.75) is 5.75 Å². The van der Waals surface area contributed by atoms with Crippen molar-refractivity contribution in [3.05, 3.63) is 58.1 Å². The number of carbonyl (C=O) groups is 1. The van der Waals surface area contributed by atoms with Crippen LogP contribution in [0.15, 0.2) is 42.5 Å². The second kappa shape index (κ2) is 9.69. The Morgan fingerprint density at radius 3 is 2.41 bits per heavy atom. The van der Waals surface area contributed by atoms with E-state index in [2.05, 4.69) is 34.3 Å². The van der Waals surface area contributed by atoms with E-state index >= 15 is 0 Å². The molecular weight excluding hydrogens is 401 g/mol. The molecule has 1 fully saturated rings. The molecular formula is C20H23Cl2N3OS. The molecule has 0 atom stereocenters. The number of piperazine rings is 1. The third kappa shape index (κ3) is 6.04. The van der Waals surface area contributed by atoms with Crippen LogP contribution in [0.25, 0.3) is 0 Å². The lowest BCUT2D eigenvalue weighted by Crippen LogP contribution is -2.44. The molecule has 1 aliphatic rings. The molecule has 1 aliphatic heterocycles. The van der Waals surface area contributed by atoms with Crippen LogP contribution in [0.1, 0.15) is 5.56 Å². The summed E-state index contributed by atoms with van der Waals surface area (Å²) < 4.78 is 0. The molecule has 3 rings (SSSR count). The predicted octanol–water partition coefficient (Wildman–Crippen LogP) is 4.62. The minimum absolute atomic E-state index is 0.00703. The fraction of sp³-hybridized carbons (Fsp3) is 0.350. The van der Waals surface area contributed by atoms with Gasteiger partial charge in [-0.2, -0.15) is 0 Å². The monoisotopic (exact) mass is 423 g/mol. The Kier molecular flexibility index (Phi) is 7.30. The molecule has 1 N–H and O–H groups in total. The first kappa shape index (κ1) is 20.3. The first-order valence-corrected chi connectivity index (χ1v) is 10.8. The minimum atomic E-state index is -0.00703. The molecule has 27 heavy (non-hydrogen) atoms. The Balaban J connectivity index is 1.44. The minimum Gasteiger partial charge on any atom is -0.369 e. The lowest BCUT2D eigenvalue weighted by atomic mass is 10.2. The van der Waals surface area contributed by atoms with Gasteiger partial charge in [-0.3, -0.25) is 4.79 Å². The van der Waals surface area contributed by atoms with Crippen molar-refractivity contribution in [1.29, 1.82) is 0 Å². The molecule has 2 aromatic carbocycles. The van der Waals surface area contributed by atoms with Crippen LogP contribution in [-0.2, 0) is 10.5 Å². The van der Waals surface area contributed by atoms with Crippen LogP contribution >= 0.6 is 35.0 Å². The second-order valence-electron chi connectivity index (χ2n) is 6.63. The molecule has 7 heteroatoms. The van der Waals surface area contributed by atoms with Gasteiger partial charge in [0.1, 0.15) is 0 Å². The molecule has 0 saturated carbocycles. The van der Waals surface area contributed by atoms with E-state index in [0.29, 0.717) is 21.6 Å². The van der Waals surface area contributed by atoms with Gasteiger partial charge in [0.15, 0.2) is 0 Å². The molecule has 0 aliphatic carbocycles. The number of hydrogen-bond acceptors (Lipinski definition) is 4. The number of anilines is 2. The number of likely N-dealkylation sites (N-methyl/N-ethyl adjacent to an activating group) is 1. The molecule has 144 valence electrons. The Labute approximate surface area is 174 Å². The molecule has 1 amide bonds. The number of benzene rings is 2. The third-order valence-electron chi connectivity index (χ3n) is 4.51. The van der Waals surface area contributed by atoms with Crippen LogP contribution in [0.2, 0.25) is 10.0 Å². The van der Waals surface area contributed by atoms with Crippen LogP contribution in [0, 0.1) is 0 Å². The molecule has 0 bridgehead atoms. The highest BCUT2D eigenvalue weighted by Crippen LogP contribution is 2.25. The van der Waals surface area contributed by atoms with Crippen LogP contribution in [0.4, 0.5) is 11.4 Å². The van der Waals surface area contributed by atoms with Crippen molar-refractivity contribution in [3.63, 3.8) is 0 Å². The fourth-order valence-corrected chi connectivity index (χ4v) is 4.00. The molecule has 1 heterocycles. The lowest BCUT2D eigenvalue weighted by Gasteiger charge is -2.34. The summed E-state index contributed by atoms with van der Waals surface area (Å²) in [4.78, 5) is 16.9. The van der Waals surface area contributed by atoms with Crippen LogP contribution in [-0.4, -0.2) is 49.8 Å². The number of halogens is 2. The quantitative estimate of drug-likeness (QED) is 0.734. The van der Waals surface area contributed by atoms with Gasteiger partial charge in [-0.05, 0) is 49.0 Å². The Morgan fingerprint density at radius 1 is 1.04 bits per heavy atom. The number of hydrogen-bond donors (Lipinski definition) is 1. The van der Waals surface area contributed by atoms with E-state index in [1.165, 1.54) is 5.69 Å². The standard InChI is InChI=1S/C20H23Cl2N3OS/c1-24-8-10-25(11-9-24)17-5-3-16(4-6-17)23-20(26)14-27-13-15-2-7-18(21)19(22)12-15/h2-7,12H,8-11,13-14H2,1H3,(H,23,26). The maximum absolute atomic E-state index is 12.2. The highest BCUT2D eigenvalue weighted by molar-refractivity contribution is 7.99. The van der Waals surface area contributed by atoms with Gasteiger partial charge in [0.25, 0.3) is 0 Å². The van der Waals surface area contributed by atoms with Crippen molar-refractivity contribution >= 4 is 52.2 Å². The van der Waals surface area contributed by atoms with Crippen LogP contribution in [0.3, 0.4) is 0 Å². The number of nitrogens with one attached hydrogen (secondary N) is 1. The van der Waals surface area contributed by atoms with Crippen LogP contribution in [0.5, 0.6) is 0 Å². The summed E-state index contributed by atoms with van der Waals surface area (Å²) in [5, 5.41) is 4.04. The van der Waals surface area contributed by atoms with Crippen molar-refractivity contribution in [2.24, 2.45) is 0 Å². The molecule has 0 aromatic heterocycles. The van der Waals surface area contributed by atoms with Crippen LogP contribution < -0.4 is 10.2 Å². The van der Waals surface area contributed by atoms with Gasteiger partial charge in [-0.15, -0.1) is 11.8 Å². The summed E-state index contributed by atoms with van der Waals surface area (Å²) in [5.41, 5.74) is 3.09. The van der Waals surface area contributed by atoms with Gasteiger partial charge in [-0.25, -0.2) is 0 Å². The molecule has 0 radical (unpaired) electrons. The lowest BCUT2D eigenvalue weighted by molar-refractivity contribution is -0.113. The number of carbonyl (C=O) groups excluding carboxylic acids is 1.